The molecular weight excluding hydrogens is 278 g/mol. The molecular formula is C15H22ClNOS. The van der Waals surface area contributed by atoms with Crippen LogP contribution in [0.3, 0.4) is 0 Å². The summed E-state index contributed by atoms with van der Waals surface area (Å²) in [5.74, 6) is 0. The van der Waals surface area contributed by atoms with Gasteiger partial charge in [-0.2, -0.15) is 0 Å². The molecule has 0 amide bonds. The van der Waals surface area contributed by atoms with Crippen LogP contribution in [0.1, 0.15) is 56.4 Å². The molecule has 1 saturated carbocycles. The molecule has 2 nitrogen and oxygen atoms in total. The van der Waals surface area contributed by atoms with Crippen molar-refractivity contribution in [3.63, 3.8) is 0 Å². The van der Waals surface area contributed by atoms with Crippen LogP contribution in [0.15, 0.2) is 12.1 Å². The largest absolute Gasteiger partial charge is 0.375 e. The van der Waals surface area contributed by atoms with Crippen molar-refractivity contribution in [3.8, 4) is 0 Å². The van der Waals surface area contributed by atoms with Gasteiger partial charge in [-0.1, -0.05) is 24.4 Å². The third-order valence-corrected chi connectivity index (χ3v) is 5.93. The van der Waals surface area contributed by atoms with Gasteiger partial charge in [-0.05, 0) is 44.7 Å². The number of nitrogens with one attached hydrogen (secondary N) is 1. The van der Waals surface area contributed by atoms with Crippen LogP contribution in [-0.4, -0.2) is 18.2 Å². The van der Waals surface area contributed by atoms with Crippen molar-refractivity contribution in [1.29, 1.82) is 0 Å². The lowest BCUT2D eigenvalue weighted by molar-refractivity contribution is -0.0845. The van der Waals surface area contributed by atoms with Crippen LogP contribution < -0.4 is 5.32 Å². The standard InChI is InChI=1S/C15H22ClNOS/c1-11(13-4-5-14(16)19-13)17-12-6-9-18-15(10-12)7-2-3-8-15/h4-5,11-12,17H,2-3,6-10H2,1H3. The van der Waals surface area contributed by atoms with E-state index in [4.69, 9.17) is 16.3 Å². The molecule has 0 bridgehead atoms. The Kier molecular flexibility index (Phi) is 4.18. The van der Waals surface area contributed by atoms with Gasteiger partial charge in [-0.3, -0.25) is 0 Å². The van der Waals surface area contributed by atoms with Crippen LogP contribution in [0.2, 0.25) is 4.34 Å². The summed E-state index contributed by atoms with van der Waals surface area (Å²) in [5, 5.41) is 3.77. The van der Waals surface area contributed by atoms with Crippen molar-refractivity contribution in [1.82, 2.24) is 5.32 Å². The van der Waals surface area contributed by atoms with E-state index in [-0.39, 0.29) is 5.60 Å². The summed E-state index contributed by atoms with van der Waals surface area (Å²) in [6.45, 7) is 3.15. The number of thiophene rings is 1. The maximum Gasteiger partial charge on any atom is 0.0931 e. The molecule has 1 saturated heterocycles. The second kappa shape index (κ2) is 5.72. The zero-order valence-electron chi connectivity index (χ0n) is 11.5. The van der Waals surface area contributed by atoms with Crippen LogP contribution in [0.25, 0.3) is 0 Å². The van der Waals surface area contributed by atoms with Crippen LogP contribution >= 0.6 is 22.9 Å². The Morgan fingerprint density at radius 1 is 1.42 bits per heavy atom. The lowest BCUT2D eigenvalue weighted by Crippen LogP contribution is -2.46. The molecule has 19 heavy (non-hydrogen) atoms. The Morgan fingerprint density at radius 2 is 2.21 bits per heavy atom. The molecule has 106 valence electrons. The number of hydrogen-bond donors (Lipinski definition) is 1. The lowest BCUT2D eigenvalue weighted by atomic mass is 9.88. The van der Waals surface area contributed by atoms with Crippen molar-refractivity contribution < 1.29 is 4.74 Å². The van der Waals surface area contributed by atoms with E-state index in [0.29, 0.717) is 12.1 Å². The average Bonchev–Trinajstić information content (AvgIpc) is 2.99. The van der Waals surface area contributed by atoms with Crippen molar-refractivity contribution in [2.24, 2.45) is 0 Å². The van der Waals surface area contributed by atoms with E-state index in [1.807, 2.05) is 6.07 Å². The quantitative estimate of drug-likeness (QED) is 0.884. The van der Waals surface area contributed by atoms with E-state index in [0.717, 1.165) is 17.4 Å². The molecule has 0 radical (unpaired) electrons. The smallest absolute Gasteiger partial charge is 0.0931 e. The average molecular weight is 300 g/mol. The first-order valence-electron chi connectivity index (χ1n) is 7.32. The molecule has 2 unspecified atom stereocenters. The van der Waals surface area contributed by atoms with Crippen molar-refractivity contribution in [2.45, 2.75) is 63.1 Å². The van der Waals surface area contributed by atoms with Crippen molar-refractivity contribution >= 4 is 22.9 Å². The Morgan fingerprint density at radius 3 is 2.89 bits per heavy atom. The van der Waals surface area contributed by atoms with Gasteiger partial charge in [0.2, 0.25) is 0 Å². The van der Waals surface area contributed by atoms with E-state index < -0.39 is 0 Å². The summed E-state index contributed by atoms with van der Waals surface area (Å²) >= 11 is 7.70. The number of hydrogen-bond acceptors (Lipinski definition) is 3. The number of rotatable bonds is 3. The highest BCUT2D eigenvalue weighted by atomic mass is 35.5. The minimum absolute atomic E-state index is 0.197. The van der Waals surface area contributed by atoms with Gasteiger partial charge in [0.05, 0.1) is 9.94 Å². The highest BCUT2D eigenvalue weighted by molar-refractivity contribution is 7.16. The van der Waals surface area contributed by atoms with E-state index in [2.05, 4.69) is 18.3 Å². The third kappa shape index (κ3) is 3.15. The lowest BCUT2D eigenvalue weighted by Gasteiger charge is -2.39. The molecule has 2 heterocycles. The van der Waals surface area contributed by atoms with E-state index in [1.165, 1.54) is 37.0 Å². The van der Waals surface area contributed by atoms with E-state index in [1.54, 1.807) is 11.3 Å². The fourth-order valence-corrected chi connectivity index (χ4v) is 4.61. The second-order valence-corrected chi connectivity index (χ2v) is 7.71. The normalized spacial score (nSPS) is 27.8. The molecule has 1 aromatic heterocycles. The second-order valence-electron chi connectivity index (χ2n) is 5.96. The molecule has 4 heteroatoms. The first-order valence-corrected chi connectivity index (χ1v) is 8.52. The molecule has 0 aromatic carbocycles. The van der Waals surface area contributed by atoms with Gasteiger partial charge >= 0.3 is 0 Å². The molecule has 2 aliphatic rings. The molecule has 1 N–H and O–H groups in total. The molecule has 1 spiro atoms. The molecule has 3 rings (SSSR count). The van der Waals surface area contributed by atoms with Crippen LogP contribution in [-0.2, 0) is 4.74 Å². The van der Waals surface area contributed by atoms with Crippen molar-refractivity contribution in [2.75, 3.05) is 6.61 Å². The van der Waals surface area contributed by atoms with Crippen molar-refractivity contribution in [3.05, 3.63) is 21.3 Å². The highest BCUT2D eigenvalue weighted by Gasteiger charge is 2.40. The summed E-state index contributed by atoms with van der Waals surface area (Å²) < 4.78 is 6.97. The Labute approximate surface area is 124 Å². The van der Waals surface area contributed by atoms with E-state index in [9.17, 15) is 0 Å². The minimum atomic E-state index is 0.197. The SMILES string of the molecule is CC(NC1CCOC2(CCCC2)C1)c1ccc(Cl)s1. The van der Waals surface area contributed by atoms with Gasteiger partial charge in [0, 0.05) is 23.6 Å². The zero-order chi connectivity index (χ0) is 13.3. The monoisotopic (exact) mass is 299 g/mol. The fraction of sp³-hybridized carbons (Fsp3) is 0.733. The molecule has 1 aliphatic heterocycles. The van der Waals surface area contributed by atoms with Gasteiger partial charge in [0.25, 0.3) is 0 Å². The first kappa shape index (κ1) is 13.9. The van der Waals surface area contributed by atoms with Gasteiger partial charge in [-0.25, -0.2) is 0 Å². The summed E-state index contributed by atoms with van der Waals surface area (Å²) in [7, 11) is 0. The summed E-state index contributed by atoms with van der Waals surface area (Å²) in [6, 6.07) is 5.10. The van der Waals surface area contributed by atoms with E-state index >= 15 is 0 Å². The molecule has 2 atom stereocenters. The molecule has 2 fully saturated rings. The zero-order valence-corrected chi connectivity index (χ0v) is 13.0. The Hall–Kier alpha value is -0.0900. The summed E-state index contributed by atoms with van der Waals surface area (Å²) in [4.78, 5) is 1.33. The van der Waals surface area contributed by atoms with Crippen LogP contribution in [0.5, 0.6) is 0 Å². The molecule has 1 aliphatic carbocycles. The minimum Gasteiger partial charge on any atom is -0.375 e. The Bertz CT molecular complexity index is 428. The number of halogens is 1. The van der Waals surface area contributed by atoms with Gasteiger partial charge in [0.15, 0.2) is 0 Å². The maximum atomic E-state index is 6.09. The maximum absolute atomic E-state index is 6.09. The van der Waals surface area contributed by atoms with Gasteiger partial charge in [0.1, 0.15) is 0 Å². The first-order chi connectivity index (χ1) is 9.17. The predicted octanol–water partition coefficient (Wildman–Crippen LogP) is 4.54. The number of ether oxygens (including phenoxy) is 1. The third-order valence-electron chi connectivity index (χ3n) is 4.51. The van der Waals surface area contributed by atoms with Crippen LogP contribution in [0, 0.1) is 0 Å². The summed E-state index contributed by atoms with van der Waals surface area (Å²) in [6.07, 6.45) is 7.49. The van der Waals surface area contributed by atoms with Gasteiger partial charge in [-0.15, -0.1) is 11.3 Å². The topological polar surface area (TPSA) is 21.3 Å². The predicted molar refractivity (Wildman–Crippen MR) is 81.1 cm³/mol. The Balaban J connectivity index is 1.60. The highest BCUT2D eigenvalue weighted by Crippen LogP contribution is 2.40. The molecule has 1 aromatic rings. The van der Waals surface area contributed by atoms with Gasteiger partial charge < -0.3 is 10.1 Å². The summed E-state index contributed by atoms with van der Waals surface area (Å²) in [5.41, 5.74) is 0.197. The fourth-order valence-electron chi connectivity index (χ4n) is 3.53. The van der Waals surface area contributed by atoms with Crippen LogP contribution in [0.4, 0.5) is 0 Å².